The van der Waals surface area contributed by atoms with Gasteiger partial charge in [0, 0.05) is 0 Å². The summed E-state index contributed by atoms with van der Waals surface area (Å²) >= 11 is 0. The van der Waals surface area contributed by atoms with Gasteiger partial charge >= 0.3 is 0 Å². The Kier molecular flexibility index (Phi) is 5.94. The molecule has 0 fully saturated rings. The second kappa shape index (κ2) is 6.40. The monoisotopic (exact) mass is 140 g/mol. The van der Waals surface area contributed by atoms with Gasteiger partial charge in [0.15, 0.2) is 0 Å². The largest absolute Gasteiger partial charge is 0.497 e. The van der Waals surface area contributed by atoms with E-state index >= 15 is 0 Å². The van der Waals surface area contributed by atoms with Crippen molar-refractivity contribution in [3.8, 4) is 0 Å². The van der Waals surface area contributed by atoms with E-state index in [0.717, 1.165) is 18.6 Å². The molecular formula is C9H16O. The molecular weight excluding hydrogens is 124 g/mol. The van der Waals surface area contributed by atoms with Gasteiger partial charge in [0.05, 0.1) is 7.11 Å². The molecule has 0 aromatic heterocycles. The summed E-state index contributed by atoms with van der Waals surface area (Å²) in [5.41, 5.74) is 0. The van der Waals surface area contributed by atoms with Crippen molar-refractivity contribution in [3.05, 3.63) is 24.0 Å². The van der Waals surface area contributed by atoms with Gasteiger partial charge in [0.2, 0.25) is 0 Å². The van der Waals surface area contributed by atoms with Crippen LogP contribution in [0.3, 0.4) is 0 Å². The fraction of sp³-hybridized carbons (Fsp3) is 0.556. The van der Waals surface area contributed by atoms with Crippen LogP contribution in [0.1, 0.15) is 26.7 Å². The molecule has 10 heavy (non-hydrogen) atoms. The second-order valence-electron chi connectivity index (χ2n) is 2.03. The van der Waals surface area contributed by atoms with Crippen LogP contribution in [0.5, 0.6) is 0 Å². The Labute approximate surface area is 63.4 Å². The van der Waals surface area contributed by atoms with Gasteiger partial charge in [-0.25, -0.2) is 0 Å². The highest BCUT2D eigenvalue weighted by Gasteiger charge is 1.84. The molecule has 0 radical (unpaired) electrons. The number of methoxy groups -OCH3 is 1. The molecule has 0 N–H and O–H groups in total. The normalized spacial score (nSPS) is 12.5. The summed E-state index contributed by atoms with van der Waals surface area (Å²) in [4.78, 5) is 0. The molecule has 0 spiro atoms. The molecule has 0 saturated heterocycles. The van der Waals surface area contributed by atoms with Crippen LogP contribution in [0.15, 0.2) is 24.0 Å². The molecule has 0 aliphatic carbocycles. The van der Waals surface area contributed by atoms with E-state index in [2.05, 4.69) is 26.0 Å². The summed E-state index contributed by atoms with van der Waals surface area (Å²) in [5, 5.41) is 0. The van der Waals surface area contributed by atoms with Crippen molar-refractivity contribution in [2.75, 3.05) is 7.11 Å². The standard InChI is InChI=1S/C9H16O/c1-4-6-8-9(10-3)7-5-2/h6-8H,4-5H2,1-3H3. The average molecular weight is 140 g/mol. The van der Waals surface area contributed by atoms with Crippen molar-refractivity contribution in [2.45, 2.75) is 26.7 Å². The van der Waals surface area contributed by atoms with Crippen molar-refractivity contribution in [3.63, 3.8) is 0 Å². The third-order valence-electron chi connectivity index (χ3n) is 1.16. The number of allylic oxidation sites excluding steroid dienone is 3. The van der Waals surface area contributed by atoms with Crippen molar-refractivity contribution in [2.24, 2.45) is 0 Å². The molecule has 0 unspecified atom stereocenters. The quantitative estimate of drug-likeness (QED) is 0.431. The number of hydrogen-bond donors (Lipinski definition) is 0. The Hall–Kier alpha value is -0.720. The zero-order chi connectivity index (χ0) is 7.82. The van der Waals surface area contributed by atoms with Crippen LogP contribution >= 0.6 is 0 Å². The lowest BCUT2D eigenvalue weighted by Crippen LogP contribution is -1.80. The van der Waals surface area contributed by atoms with Gasteiger partial charge in [-0.2, -0.15) is 0 Å². The molecule has 0 saturated carbocycles. The minimum absolute atomic E-state index is 0.962. The fourth-order valence-corrected chi connectivity index (χ4v) is 0.655. The Morgan fingerprint density at radius 2 is 2.00 bits per heavy atom. The van der Waals surface area contributed by atoms with Crippen LogP contribution < -0.4 is 0 Å². The minimum atomic E-state index is 0.962. The molecule has 0 rings (SSSR count). The number of rotatable bonds is 4. The van der Waals surface area contributed by atoms with E-state index in [1.807, 2.05) is 6.08 Å². The van der Waals surface area contributed by atoms with Gasteiger partial charge < -0.3 is 4.74 Å². The van der Waals surface area contributed by atoms with E-state index in [-0.39, 0.29) is 0 Å². The van der Waals surface area contributed by atoms with Crippen LogP contribution in [0.4, 0.5) is 0 Å². The van der Waals surface area contributed by atoms with Gasteiger partial charge in [0.1, 0.15) is 5.76 Å². The van der Waals surface area contributed by atoms with Crippen molar-refractivity contribution >= 4 is 0 Å². The van der Waals surface area contributed by atoms with Crippen LogP contribution in [0, 0.1) is 0 Å². The van der Waals surface area contributed by atoms with Gasteiger partial charge in [0.25, 0.3) is 0 Å². The van der Waals surface area contributed by atoms with Crippen LogP contribution in [0.25, 0.3) is 0 Å². The van der Waals surface area contributed by atoms with Crippen molar-refractivity contribution in [1.29, 1.82) is 0 Å². The summed E-state index contributed by atoms with van der Waals surface area (Å²) < 4.78 is 5.07. The smallest absolute Gasteiger partial charge is 0.114 e. The molecule has 1 nitrogen and oxygen atoms in total. The first-order chi connectivity index (χ1) is 4.85. The van der Waals surface area contributed by atoms with Gasteiger partial charge in [-0.05, 0) is 25.0 Å². The number of hydrogen-bond acceptors (Lipinski definition) is 1. The van der Waals surface area contributed by atoms with Crippen molar-refractivity contribution in [1.82, 2.24) is 0 Å². The highest BCUT2D eigenvalue weighted by molar-refractivity contribution is 5.11. The summed E-state index contributed by atoms with van der Waals surface area (Å²) in [5.74, 6) is 0.962. The summed E-state index contributed by atoms with van der Waals surface area (Å²) in [6.45, 7) is 4.20. The van der Waals surface area contributed by atoms with Crippen LogP contribution in [-0.4, -0.2) is 7.11 Å². The first-order valence-corrected chi connectivity index (χ1v) is 3.75. The Balaban J connectivity index is 3.82. The summed E-state index contributed by atoms with van der Waals surface area (Å²) in [6.07, 6.45) is 8.24. The SMILES string of the molecule is CCC=CC(=CCC)OC. The molecule has 1 heteroatoms. The maximum atomic E-state index is 5.07. The molecule has 0 heterocycles. The van der Waals surface area contributed by atoms with E-state index in [4.69, 9.17) is 4.74 Å². The predicted molar refractivity (Wildman–Crippen MR) is 44.8 cm³/mol. The second-order valence-corrected chi connectivity index (χ2v) is 2.03. The van der Waals surface area contributed by atoms with E-state index in [1.54, 1.807) is 7.11 Å². The molecule has 0 aliphatic rings. The van der Waals surface area contributed by atoms with Crippen molar-refractivity contribution < 1.29 is 4.74 Å². The zero-order valence-corrected chi connectivity index (χ0v) is 7.05. The third-order valence-corrected chi connectivity index (χ3v) is 1.16. The molecule has 0 atom stereocenters. The van der Waals surface area contributed by atoms with E-state index < -0.39 is 0 Å². The van der Waals surface area contributed by atoms with E-state index in [0.29, 0.717) is 0 Å². The molecule has 0 aliphatic heterocycles. The van der Waals surface area contributed by atoms with E-state index in [9.17, 15) is 0 Å². The minimum Gasteiger partial charge on any atom is -0.497 e. The lowest BCUT2D eigenvalue weighted by atomic mass is 10.3. The first-order valence-electron chi connectivity index (χ1n) is 3.75. The highest BCUT2D eigenvalue weighted by atomic mass is 16.5. The van der Waals surface area contributed by atoms with Gasteiger partial charge in [-0.1, -0.05) is 19.9 Å². The third kappa shape index (κ3) is 4.19. The Bertz CT molecular complexity index is 123. The van der Waals surface area contributed by atoms with Crippen LogP contribution in [0.2, 0.25) is 0 Å². The highest BCUT2D eigenvalue weighted by Crippen LogP contribution is 1.99. The van der Waals surface area contributed by atoms with Gasteiger partial charge in [-0.15, -0.1) is 0 Å². The molecule has 0 amide bonds. The number of ether oxygens (including phenoxy) is 1. The zero-order valence-electron chi connectivity index (χ0n) is 7.05. The first kappa shape index (κ1) is 9.28. The predicted octanol–water partition coefficient (Wildman–Crippen LogP) is 2.89. The Morgan fingerprint density at radius 3 is 2.40 bits per heavy atom. The van der Waals surface area contributed by atoms with Crippen LogP contribution in [-0.2, 0) is 4.74 Å². The lowest BCUT2D eigenvalue weighted by molar-refractivity contribution is 0.305. The summed E-state index contributed by atoms with van der Waals surface area (Å²) in [6, 6.07) is 0. The molecule has 0 aromatic rings. The van der Waals surface area contributed by atoms with E-state index in [1.165, 1.54) is 0 Å². The van der Waals surface area contributed by atoms with Gasteiger partial charge in [-0.3, -0.25) is 0 Å². The molecule has 0 bridgehead atoms. The fourth-order valence-electron chi connectivity index (χ4n) is 0.655. The molecule has 0 aromatic carbocycles. The Morgan fingerprint density at radius 1 is 1.30 bits per heavy atom. The average Bonchev–Trinajstić information content (AvgIpc) is 1.98. The summed E-state index contributed by atoms with van der Waals surface area (Å²) in [7, 11) is 1.70. The lowest BCUT2D eigenvalue weighted by Gasteiger charge is -1.97. The topological polar surface area (TPSA) is 9.23 Å². The maximum Gasteiger partial charge on any atom is 0.114 e. The maximum absolute atomic E-state index is 5.07. The molecule has 58 valence electrons.